The molecule has 0 aliphatic carbocycles. The summed E-state index contributed by atoms with van der Waals surface area (Å²) in [7, 11) is 0. The van der Waals surface area contributed by atoms with E-state index in [1.54, 1.807) is 19.1 Å². The zero-order valence-electron chi connectivity index (χ0n) is 16.1. The summed E-state index contributed by atoms with van der Waals surface area (Å²) in [5, 5.41) is 19.3. The Morgan fingerprint density at radius 1 is 1.24 bits per heavy atom. The van der Waals surface area contributed by atoms with Crippen LogP contribution in [-0.2, 0) is 11.0 Å². The summed E-state index contributed by atoms with van der Waals surface area (Å²) in [6, 6.07) is 9.23. The summed E-state index contributed by atoms with van der Waals surface area (Å²) >= 11 is 0. The number of halogens is 3. The van der Waals surface area contributed by atoms with Crippen LogP contribution in [0, 0.1) is 5.41 Å². The molecule has 0 spiro atoms. The van der Waals surface area contributed by atoms with Crippen molar-refractivity contribution in [2.24, 2.45) is 0 Å². The number of phenolic OH excluding ortho intramolecular Hbond substituents is 1. The van der Waals surface area contributed by atoms with Gasteiger partial charge in [0.05, 0.1) is 11.6 Å². The highest BCUT2D eigenvalue weighted by Gasteiger charge is 2.34. The highest BCUT2D eigenvalue weighted by molar-refractivity contribution is 5.82. The SMILES string of the molecule is CCCC(Oc1ccc(C=N)c(C(F)(F)F)c1)C(=O)NC(C)c1ccc(O)cc1. The Morgan fingerprint density at radius 3 is 2.45 bits per heavy atom. The first-order chi connectivity index (χ1) is 13.7. The Bertz CT molecular complexity index is 851. The van der Waals surface area contributed by atoms with E-state index in [4.69, 9.17) is 10.1 Å². The average molecular weight is 408 g/mol. The number of carbonyl (C=O) groups is 1. The van der Waals surface area contributed by atoms with E-state index in [1.165, 1.54) is 18.2 Å². The zero-order chi connectivity index (χ0) is 21.6. The van der Waals surface area contributed by atoms with E-state index in [-0.39, 0.29) is 23.1 Å². The highest BCUT2D eigenvalue weighted by atomic mass is 19.4. The molecule has 156 valence electrons. The van der Waals surface area contributed by atoms with Crippen LogP contribution in [-0.4, -0.2) is 23.3 Å². The lowest BCUT2D eigenvalue weighted by Gasteiger charge is -2.22. The van der Waals surface area contributed by atoms with Gasteiger partial charge in [0.15, 0.2) is 6.10 Å². The van der Waals surface area contributed by atoms with Gasteiger partial charge in [-0.1, -0.05) is 25.5 Å². The summed E-state index contributed by atoms with van der Waals surface area (Å²) in [5.74, 6) is -0.431. The van der Waals surface area contributed by atoms with Gasteiger partial charge < -0.3 is 20.6 Å². The van der Waals surface area contributed by atoms with Crippen molar-refractivity contribution in [2.75, 3.05) is 0 Å². The molecule has 0 saturated heterocycles. The predicted octanol–water partition coefficient (Wildman–Crippen LogP) is 4.83. The summed E-state index contributed by atoms with van der Waals surface area (Å²) in [4.78, 5) is 12.6. The standard InChI is InChI=1S/C21H23F3N2O3/c1-3-4-19(20(28)26-13(2)14-5-8-16(27)9-6-14)29-17-10-7-15(12-25)18(11-17)21(22,23)24/h5-13,19,25,27H,3-4H2,1-2H3,(H,26,28). The molecule has 0 bridgehead atoms. The van der Waals surface area contributed by atoms with E-state index in [2.05, 4.69) is 5.32 Å². The van der Waals surface area contributed by atoms with Gasteiger partial charge in [-0.2, -0.15) is 13.2 Å². The minimum Gasteiger partial charge on any atom is -0.508 e. The van der Waals surface area contributed by atoms with Crippen LogP contribution in [0.3, 0.4) is 0 Å². The maximum Gasteiger partial charge on any atom is 0.417 e. The maximum absolute atomic E-state index is 13.2. The Hall–Kier alpha value is -3.03. The van der Waals surface area contributed by atoms with Gasteiger partial charge in [0.1, 0.15) is 11.5 Å². The Kier molecular flexibility index (Phi) is 7.25. The average Bonchev–Trinajstić information content (AvgIpc) is 2.67. The minimum absolute atomic E-state index is 0.0891. The molecule has 2 unspecified atom stereocenters. The van der Waals surface area contributed by atoms with Crippen LogP contribution in [0.2, 0.25) is 0 Å². The number of ether oxygens (including phenoxy) is 1. The molecule has 0 aromatic heterocycles. The molecular formula is C21H23F3N2O3. The van der Waals surface area contributed by atoms with Crippen molar-refractivity contribution >= 4 is 12.1 Å². The highest BCUT2D eigenvalue weighted by Crippen LogP contribution is 2.34. The Morgan fingerprint density at radius 2 is 1.90 bits per heavy atom. The summed E-state index contributed by atoms with van der Waals surface area (Å²) in [6.07, 6.45) is -4.06. The monoisotopic (exact) mass is 408 g/mol. The number of nitrogens with one attached hydrogen (secondary N) is 2. The van der Waals surface area contributed by atoms with Crippen molar-refractivity contribution in [1.29, 1.82) is 5.41 Å². The number of amides is 1. The van der Waals surface area contributed by atoms with Gasteiger partial charge >= 0.3 is 6.18 Å². The first-order valence-corrected chi connectivity index (χ1v) is 9.13. The predicted molar refractivity (Wildman–Crippen MR) is 103 cm³/mol. The molecule has 8 heteroatoms. The molecule has 1 amide bonds. The lowest BCUT2D eigenvalue weighted by atomic mass is 10.1. The van der Waals surface area contributed by atoms with Crippen LogP contribution < -0.4 is 10.1 Å². The van der Waals surface area contributed by atoms with Crippen LogP contribution in [0.1, 0.15) is 49.4 Å². The van der Waals surface area contributed by atoms with Gasteiger partial charge in [0.2, 0.25) is 0 Å². The molecule has 2 rings (SSSR count). The number of hydrogen-bond acceptors (Lipinski definition) is 4. The molecule has 0 heterocycles. The quantitative estimate of drug-likeness (QED) is 0.547. The summed E-state index contributed by atoms with van der Waals surface area (Å²) in [6.45, 7) is 3.60. The van der Waals surface area contributed by atoms with Crippen LogP contribution in [0.15, 0.2) is 42.5 Å². The van der Waals surface area contributed by atoms with Crippen LogP contribution in [0.4, 0.5) is 13.2 Å². The van der Waals surface area contributed by atoms with E-state index in [1.807, 2.05) is 6.92 Å². The van der Waals surface area contributed by atoms with Crippen molar-refractivity contribution in [3.63, 3.8) is 0 Å². The zero-order valence-corrected chi connectivity index (χ0v) is 16.1. The number of carbonyl (C=O) groups excluding carboxylic acids is 1. The number of benzene rings is 2. The normalized spacial score (nSPS) is 13.4. The molecule has 2 aromatic carbocycles. The fraction of sp³-hybridized carbons (Fsp3) is 0.333. The molecule has 0 fully saturated rings. The van der Waals surface area contributed by atoms with Crippen molar-refractivity contribution in [3.05, 3.63) is 59.2 Å². The third-order valence-electron chi connectivity index (χ3n) is 4.36. The van der Waals surface area contributed by atoms with Crippen LogP contribution >= 0.6 is 0 Å². The van der Waals surface area contributed by atoms with Crippen LogP contribution in [0.5, 0.6) is 11.5 Å². The van der Waals surface area contributed by atoms with Gasteiger partial charge in [-0.05, 0) is 49.2 Å². The van der Waals surface area contributed by atoms with Crippen molar-refractivity contribution in [1.82, 2.24) is 5.32 Å². The Labute approximate surface area is 167 Å². The molecule has 0 aliphatic rings. The van der Waals surface area contributed by atoms with Gasteiger partial charge in [-0.25, -0.2) is 0 Å². The molecule has 0 saturated carbocycles. The molecule has 2 aromatic rings. The lowest BCUT2D eigenvalue weighted by Crippen LogP contribution is -2.39. The number of rotatable bonds is 8. The third-order valence-corrected chi connectivity index (χ3v) is 4.36. The van der Waals surface area contributed by atoms with E-state index in [0.29, 0.717) is 19.1 Å². The number of aromatic hydroxyl groups is 1. The fourth-order valence-corrected chi connectivity index (χ4v) is 2.80. The first-order valence-electron chi connectivity index (χ1n) is 9.13. The Balaban J connectivity index is 2.17. The number of hydrogen-bond donors (Lipinski definition) is 3. The van der Waals surface area contributed by atoms with E-state index < -0.39 is 23.8 Å². The maximum atomic E-state index is 13.2. The van der Waals surface area contributed by atoms with Crippen molar-refractivity contribution in [2.45, 2.75) is 45.0 Å². The molecule has 3 N–H and O–H groups in total. The second-order valence-corrected chi connectivity index (χ2v) is 6.61. The molecule has 29 heavy (non-hydrogen) atoms. The third kappa shape index (κ3) is 5.97. The van der Waals surface area contributed by atoms with E-state index >= 15 is 0 Å². The molecule has 0 aliphatic heterocycles. The first kappa shape index (κ1) is 22.3. The summed E-state index contributed by atoms with van der Waals surface area (Å²) < 4.78 is 45.2. The van der Waals surface area contributed by atoms with Crippen molar-refractivity contribution in [3.8, 4) is 11.5 Å². The van der Waals surface area contributed by atoms with Gasteiger partial charge in [-0.3, -0.25) is 4.79 Å². The van der Waals surface area contributed by atoms with Gasteiger partial charge in [-0.15, -0.1) is 0 Å². The lowest BCUT2D eigenvalue weighted by molar-refractivity contribution is -0.137. The minimum atomic E-state index is -4.64. The molecule has 2 atom stereocenters. The second kappa shape index (κ2) is 9.45. The van der Waals surface area contributed by atoms with Crippen LogP contribution in [0.25, 0.3) is 0 Å². The summed E-state index contributed by atoms with van der Waals surface area (Å²) in [5.41, 5.74) is -0.499. The number of alkyl halides is 3. The smallest absolute Gasteiger partial charge is 0.417 e. The van der Waals surface area contributed by atoms with Gasteiger partial charge in [0, 0.05) is 11.8 Å². The topological polar surface area (TPSA) is 82.4 Å². The molecule has 5 nitrogen and oxygen atoms in total. The largest absolute Gasteiger partial charge is 0.508 e. The van der Waals surface area contributed by atoms with E-state index in [9.17, 15) is 23.1 Å². The fourth-order valence-electron chi connectivity index (χ4n) is 2.80. The van der Waals surface area contributed by atoms with Crippen molar-refractivity contribution < 1.29 is 27.8 Å². The number of phenols is 1. The molecular weight excluding hydrogens is 385 g/mol. The second-order valence-electron chi connectivity index (χ2n) is 6.61. The molecule has 0 radical (unpaired) electrons. The van der Waals surface area contributed by atoms with Gasteiger partial charge in [0.25, 0.3) is 5.91 Å². The van der Waals surface area contributed by atoms with E-state index in [0.717, 1.165) is 17.7 Å².